The average Bonchev–Trinajstić information content (AvgIpc) is 2.61. The van der Waals surface area contributed by atoms with E-state index in [9.17, 15) is 10.2 Å². The van der Waals surface area contributed by atoms with Gasteiger partial charge in [0, 0.05) is 0 Å². The highest BCUT2D eigenvalue weighted by atomic mass is 16.3. The van der Waals surface area contributed by atoms with Crippen LogP contribution in [0.3, 0.4) is 0 Å². The number of hydrogen-bond donors (Lipinski definition) is 2. The predicted molar refractivity (Wildman–Crippen MR) is 99.9 cm³/mol. The van der Waals surface area contributed by atoms with Crippen molar-refractivity contribution in [3.8, 4) is 0 Å². The monoisotopic (exact) mass is 322 g/mol. The maximum atomic E-state index is 11.5. The minimum atomic E-state index is -1.53. The number of aliphatic hydroxyl groups excluding tert-OH is 1. The fourth-order valence-electron chi connectivity index (χ4n) is 2.80. The first-order chi connectivity index (χ1) is 11.5. The first-order valence-corrected chi connectivity index (χ1v) is 8.32. The molecule has 0 saturated carbocycles. The molecular formula is C22H26O2. The average molecular weight is 322 g/mol. The van der Waals surface area contributed by atoms with Gasteiger partial charge in [-0.25, -0.2) is 0 Å². The molecule has 2 nitrogen and oxygen atoms in total. The lowest BCUT2D eigenvalue weighted by molar-refractivity contribution is 0.0685. The van der Waals surface area contributed by atoms with Crippen LogP contribution in [-0.2, 0) is 5.60 Å². The van der Waals surface area contributed by atoms with E-state index in [1.807, 2.05) is 67.6 Å². The van der Waals surface area contributed by atoms with Gasteiger partial charge >= 0.3 is 0 Å². The number of hydrogen-bond acceptors (Lipinski definition) is 2. The lowest BCUT2D eigenvalue weighted by Crippen LogP contribution is -2.30. The van der Waals surface area contributed by atoms with E-state index in [1.165, 1.54) is 5.57 Å². The van der Waals surface area contributed by atoms with Gasteiger partial charge in [0.25, 0.3) is 0 Å². The third-order valence-electron chi connectivity index (χ3n) is 4.20. The van der Waals surface area contributed by atoms with Gasteiger partial charge < -0.3 is 10.2 Å². The van der Waals surface area contributed by atoms with E-state index in [1.54, 1.807) is 0 Å². The van der Waals surface area contributed by atoms with Gasteiger partial charge in [0.15, 0.2) is 5.60 Å². The summed E-state index contributed by atoms with van der Waals surface area (Å²) in [6.45, 7) is 6.00. The summed E-state index contributed by atoms with van der Waals surface area (Å²) < 4.78 is 0. The van der Waals surface area contributed by atoms with Crippen LogP contribution in [0.15, 0.2) is 83.6 Å². The van der Waals surface area contributed by atoms with Crippen LogP contribution in [0, 0.1) is 0 Å². The van der Waals surface area contributed by atoms with Crippen molar-refractivity contribution >= 4 is 0 Å². The summed E-state index contributed by atoms with van der Waals surface area (Å²) in [5, 5.41) is 22.4. The minimum Gasteiger partial charge on any atom is -0.509 e. The molecule has 0 fully saturated rings. The van der Waals surface area contributed by atoms with Crippen molar-refractivity contribution in [2.45, 2.75) is 39.2 Å². The Morgan fingerprint density at radius 3 is 1.75 bits per heavy atom. The number of aliphatic hydroxyl groups is 2. The van der Waals surface area contributed by atoms with E-state index in [0.29, 0.717) is 17.5 Å². The van der Waals surface area contributed by atoms with Crippen molar-refractivity contribution in [1.82, 2.24) is 0 Å². The van der Waals surface area contributed by atoms with Crippen molar-refractivity contribution in [2.24, 2.45) is 0 Å². The standard InChI is InChI=1S/C22H26O2/c1-17(2)11-10-12-18(3)21(23)22(24,19-13-6-4-7-14-19)20-15-8-5-9-16-20/h4-9,11,13-16,23-24H,10,12H2,1-3H3/b21-18-. The van der Waals surface area contributed by atoms with Crippen molar-refractivity contribution in [3.05, 3.63) is 94.8 Å². The second kappa shape index (κ2) is 7.98. The van der Waals surface area contributed by atoms with Gasteiger partial charge in [-0.15, -0.1) is 0 Å². The Balaban J connectivity index is 2.49. The van der Waals surface area contributed by atoms with E-state index in [0.717, 1.165) is 12.0 Å². The Kier molecular flexibility index (Phi) is 5.99. The molecule has 0 aliphatic rings. The van der Waals surface area contributed by atoms with Crippen LogP contribution in [0.2, 0.25) is 0 Å². The Hall–Kier alpha value is -2.32. The van der Waals surface area contributed by atoms with Crippen molar-refractivity contribution in [1.29, 1.82) is 0 Å². The topological polar surface area (TPSA) is 40.5 Å². The van der Waals surface area contributed by atoms with Gasteiger partial charge in [0.05, 0.1) is 0 Å². The Bertz CT molecular complexity index is 669. The Morgan fingerprint density at radius 1 is 0.875 bits per heavy atom. The summed E-state index contributed by atoms with van der Waals surface area (Å²) in [5.41, 5.74) is 1.84. The molecule has 126 valence electrons. The highest BCUT2D eigenvalue weighted by Crippen LogP contribution is 2.37. The zero-order chi connectivity index (χ0) is 17.6. The second-order valence-electron chi connectivity index (χ2n) is 6.39. The third-order valence-corrected chi connectivity index (χ3v) is 4.20. The lowest BCUT2D eigenvalue weighted by atomic mass is 9.82. The van der Waals surface area contributed by atoms with E-state index < -0.39 is 5.60 Å². The Morgan fingerprint density at radius 2 is 1.33 bits per heavy atom. The van der Waals surface area contributed by atoms with E-state index >= 15 is 0 Å². The number of rotatable bonds is 6. The summed E-state index contributed by atoms with van der Waals surface area (Å²) in [6, 6.07) is 18.6. The predicted octanol–water partition coefficient (Wildman–Crippen LogP) is 5.50. The molecule has 0 aliphatic carbocycles. The molecule has 2 N–H and O–H groups in total. The summed E-state index contributed by atoms with van der Waals surface area (Å²) in [6.07, 6.45) is 3.69. The highest BCUT2D eigenvalue weighted by Gasteiger charge is 2.37. The molecule has 2 heteroatoms. The highest BCUT2D eigenvalue weighted by molar-refractivity contribution is 5.44. The molecule has 0 spiro atoms. The van der Waals surface area contributed by atoms with Crippen LogP contribution < -0.4 is 0 Å². The quantitative estimate of drug-likeness (QED) is 0.544. The molecule has 0 unspecified atom stereocenters. The zero-order valence-corrected chi connectivity index (χ0v) is 14.7. The van der Waals surface area contributed by atoms with E-state index in [4.69, 9.17) is 0 Å². The Labute approximate surface area is 144 Å². The van der Waals surface area contributed by atoms with Crippen LogP contribution in [-0.4, -0.2) is 10.2 Å². The molecule has 0 bridgehead atoms. The van der Waals surface area contributed by atoms with Crippen LogP contribution in [0.25, 0.3) is 0 Å². The molecule has 24 heavy (non-hydrogen) atoms. The van der Waals surface area contributed by atoms with Crippen LogP contribution in [0.1, 0.15) is 44.7 Å². The van der Waals surface area contributed by atoms with E-state index in [-0.39, 0.29) is 5.76 Å². The second-order valence-corrected chi connectivity index (χ2v) is 6.39. The summed E-state index contributed by atoms with van der Waals surface area (Å²) in [4.78, 5) is 0. The third kappa shape index (κ3) is 3.95. The van der Waals surface area contributed by atoms with Gasteiger partial charge in [-0.2, -0.15) is 0 Å². The summed E-state index contributed by atoms with van der Waals surface area (Å²) in [5.74, 6) is 0.0158. The zero-order valence-electron chi connectivity index (χ0n) is 14.7. The summed E-state index contributed by atoms with van der Waals surface area (Å²) in [7, 11) is 0. The normalized spacial score (nSPS) is 12.5. The van der Waals surface area contributed by atoms with Crippen molar-refractivity contribution in [3.63, 3.8) is 0 Å². The fourth-order valence-corrected chi connectivity index (χ4v) is 2.80. The molecular weight excluding hydrogens is 296 g/mol. The first-order valence-electron chi connectivity index (χ1n) is 8.32. The van der Waals surface area contributed by atoms with Crippen LogP contribution in [0.4, 0.5) is 0 Å². The van der Waals surface area contributed by atoms with Crippen molar-refractivity contribution < 1.29 is 10.2 Å². The van der Waals surface area contributed by atoms with Gasteiger partial charge in [-0.1, -0.05) is 72.3 Å². The first kappa shape index (κ1) is 18.0. The van der Waals surface area contributed by atoms with Gasteiger partial charge in [0.1, 0.15) is 5.76 Å². The molecule has 0 atom stereocenters. The minimum absolute atomic E-state index is 0.0158. The van der Waals surface area contributed by atoms with Crippen LogP contribution in [0.5, 0.6) is 0 Å². The molecule has 0 radical (unpaired) electrons. The number of allylic oxidation sites excluding steroid dienone is 3. The van der Waals surface area contributed by atoms with Gasteiger partial charge in [-0.3, -0.25) is 0 Å². The molecule has 0 heterocycles. The van der Waals surface area contributed by atoms with Crippen molar-refractivity contribution in [2.75, 3.05) is 0 Å². The van der Waals surface area contributed by atoms with Crippen LogP contribution >= 0.6 is 0 Å². The fraction of sp³-hybridized carbons (Fsp3) is 0.273. The van der Waals surface area contributed by atoms with E-state index in [2.05, 4.69) is 19.9 Å². The van der Waals surface area contributed by atoms with Gasteiger partial charge in [0.2, 0.25) is 0 Å². The SMILES string of the molecule is CC(C)=CCC/C(C)=C(\O)C(O)(c1ccccc1)c1ccccc1. The number of benzene rings is 2. The molecule has 0 aromatic heterocycles. The molecule has 0 saturated heterocycles. The maximum Gasteiger partial charge on any atom is 0.172 e. The molecule has 2 aromatic carbocycles. The van der Waals surface area contributed by atoms with Gasteiger partial charge in [-0.05, 0) is 50.3 Å². The smallest absolute Gasteiger partial charge is 0.172 e. The lowest BCUT2D eigenvalue weighted by Gasteiger charge is -2.30. The molecule has 0 amide bonds. The molecule has 2 rings (SSSR count). The summed E-state index contributed by atoms with van der Waals surface area (Å²) >= 11 is 0. The largest absolute Gasteiger partial charge is 0.509 e. The molecule has 2 aromatic rings. The molecule has 0 aliphatic heterocycles. The maximum absolute atomic E-state index is 11.5.